The topological polar surface area (TPSA) is 18.5 Å². The van der Waals surface area contributed by atoms with Crippen LogP contribution in [0, 0.1) is 0 Å². The van der Waals surface area contributed by atoms with E-state index in [1.165, 1.54) is 0 Å². The van der Waals surface area contributed by atoms with Crippen molar-refractivity contribution in [1.29, 1.82) is 0 Å². The Bertz CT molecular complexity index is 126. The van der Waals surface area contributed by atoms with Gasteiger partial charge in [0.15, 0.2) is 0 Å². The van der Waals surface area contributed by atoms with E-state index in [1.54, 1.807) is 0 Å². The van der Waals surface area contributed by atoms with E-state index in [0.29, 0.717) is 5.95 Å². The van der Waals surface area contributed by atoms with Crippen molar-refractivity contribution in [3.8, 4) is 0 Å². The van der Waals surface area contributed by atoms with Gasteiger partial charge >= 0.3 is 8.05 Å². The van der Waals surface area contributed by atoms with Crippen LogP contribution in [0.5, 0.6) is 0 Å². The summed E-state index contributed by atoms with van der Waals surface area (Å²) in [4.78, 5) is 0. The van der Waals surface area contributed by atoms with Gasteiger partial charge in [0.2, 0.25) is 0 Å². The second-order valence-electron chi connectivity index (χ2n) is 2.57. The minimum absolute atomic E-state index is 0.105. The van der Waals surface area contributed by atoms with Crippen LogP contribution in [0.3, 0.4) is 0 Å². The average Bonchev–Trinajstić information content (AvgIpc) is 1.81. The molecule has 0 aliphatic heterocycles. The zero-order chi connectivity index (χ0) is 8.15. The molecule has 0 spiro atoms. The zero-order valence-electron chi connectivity index (χ0n) is 6.97. The summed E-state index contributed by atoms with van der Waals surface area (Å²) in [6.07, 6.45) is 0.105. The average molecular weight is 140 g/mol. The maximum atomic E-state index is 5.19. The van der Waals surface area contributed by atoms with Gasteiger partial charge in [0.25, 0.3) is 5.95 Å². The van der Waals surface area contributed by atoms with E-state index in [9.17, 15) is 0 Å². The van der Waals surface area contributed by atoms with Crippen LogP contribution in [-0.2, 0) is 9.39 Å². The molecule has 0 atom stereocenters. The minimum Gasteiger partial charge on any atom is -0.543 e. The Labute approximate surface area is 63.7 Å². The Balaban J connectivity index is 3.97. The normalized spacial score (nSPS) is 9.30. The molecule has 0 aromatic heterocycles. The molecule has 0 N–H and O–H groups in total. The van der Waals surface area contributed by atoms with Crippen molar-refractivity contribution >= 4 is 8.05 Å². The number of ether oxygens (including phenoxy) is 1. The molecular formula is C7H13BO2. The van der Waals surface area contributed by atoms with Gasteiger partial charge in [-0.25, -0.2) is 0 Å². The molecule has 0 rings (SSSR count). The monoisotopic (exact) mass is 140 g/mol. The third-order valence-corrected chi connectivity index (χ3v) is 0.858. The van der Waals surface area contributed by atoms with Crippen LogP contribution in [0.4, 0.5) is 0 Å². The fraction of sp³-hybridized carbons (Fsp3) is 0.714. The molecule has 56 valence electrons. The lowest BCUT2D eigenvalue weighted by molar-refractivity contribution is 0.0640. The van der Waals surface area contributed by atoms with Crippen molar-refractivity contribution in [2.45, 2.75) is 33.8 Å². The van der Waals surface area contributed by atoms with Gasteiger partial charge in [0.1, 0.15) is 0 Å². The Morgan fingerprint density at radius 1 is 1.30 bits per heavy atom. The van der Waals surface area contributed by atoms with Crippen molar-refractivity contribution in [2.75, 3.05) is 0 Å². The van der Waals surface area contributed by atoms with E-state index < -0.39 is 0 Å². The van der Waals surface area contributed by atoms with Crippen LogP contribution in [0.1, 0.15) is 27.7 Å². The molecule has 2 nitrogen and oxygen atoms in total. The second-order valence-corrected chi connectivity index (χ2v) is 2.57. The fourth-order valence-corrected chi connectivity index (χ4v) is 0.478. The summed E-state index contributed by atoms with van der Waals surface area (Å²) in [5.74, 6) is 0.412. The van der Waals surface area contributed by atoms with E-state index in [0.717, 1.165) is 5.57 Å². The van der Waals surface area contributed by atoms with Crippen molar-refractivity contribution in [3.05, 3.63) is 11.5 Å². The summed E-state index contributed by atoms with van der Waals surface area (Å²) in [5, 5.41) is 0. The van der Waals surface area contributed by atoms with E-state index >= 15 is 0 Å². The third kappa shape index (κ3) is 3.43. The number of hydrogen-bond donors (Lipinski definition) is 0. The van der Waals surface area contributed by atoms with Gasteiger partial charge in [-0.3, -0.25) is 0 Å². The summed E-state index contributed by atoms with van der Waals surface area (Å²) in [5.41, 5.74) is 0.941. The summed E-state index contributed by atoms with van der Waals surface area (Å²) in [6, 6.07) is 0. The minimum atomic E-state index is 0.105. The van der Waals surface area contributed by atoms with E-state index in [2.05, 4.69) is 4.65 Å². The highest BCUT2D eigenvalue weighted by molar-refractivity contribution is 5.98. The van der Waals surface area contributed by atoms with Crippen LogP contribution in [0.25, 0.3) is 0 Å². The highest BCUT2D eigenvalue weighted by Gasteiger charge is 2.00. The quantitative estimate of drug-likeness (QED) is 0.439. The molecular weight excluding hydrogens is 127 g/mol. The van der Waals surface area contributed by atoms with Gasteiger partial charge < -0.3 is 9.39 Å². The van der Waals surface area contributed by atoms with Crippen LogP contribution in [0.15, 0.2) is 11.5 Å². The molecule has 0 aromatic carbocycles. The first kappa shape index (κ1) is 9.40. The van der Waals surface area contributed by atoms with Crippen molar-refractivity contribution < 1.29 is 9.39 Å². The van der Waals surface area contributed by atoms with E-state index in [-0.39, 0.29) is 6.10 Å². The maximum absolute atomic E-state index is 5.19. The lowest BCUT2D eigenvalue weighted by Crippen LogP contribution is -2.05. The van der Waals surface area contributed by atoms with Gasteiger partial charge in [-0.05, 0) is 27.7 Å². The SMILES string of the molecule is [B]OC(OC(C)C)=C(C)C. The fourth-order valence-electron chi connectivity index (χ4n) is 0.478. The Kier molecular flexibility index (Phi) is 4.00. The molecule has 0 saturated carbocycles. The molecule has 3 heteroatoms. The molecule has 0 aliphatic rings. The number of rotatable bonds is 3. The molecule has 0 heterocycles. The lowest BCUT2D eigenvalue weighted by atomic mass is 10.3. The summed E-state index contributed by atoms with van der Waals surface area (Å²) < 4.78 is 9.67. The highest BCUT2D eigenvalue weighted by atomic mass is 16.7. The smallest absolute Gasteiger partial charge is 0.378 e. The predicted octanol–water partition coefficient (Wildman–Crippen LogP) is 1.76. The number of allylic oxidation sites excluding steroid dienone is 1. The molecule has 0 amide bonds. The van der Waals surface area contributed by atoms with Crippen LogP contribution in [-0.4, -0.2) is 14.2 Å². The van der Waals surface area contributed by atoms with Crippen molar-refractivity contribution in [2.24, 2.45) is 0 Å². The summed E-state index contributed by atoms with van der Waals surface area (Å²) in [7, 11) is 4.94. The number of hydrogen-bond acceptors (Lipinski definition) is 2. The molecule has 2 radical (unpaired) electrons. The van der Waals surface area contributed by atoms with Crippen LogP contribution in [0.2, 0.25) is 0 Å². The molecule has 10 heavy (non-hydrogen) atoms. The van der Waals surface area contributed by atoms with Crippen molar-refractivity contribution in [3.63, 3.8) is 0 Å². The van der Waals surface area contributed by atoms with Gasteiger partial charge in [0, 0.05) is 5.57 Å². The van der Waals surface area contributed by atoms with Gasteiger partial charge in [-0.15, -0.1) is 0 Å². The Morgan fingerprint density at radius 2 is 1.80 bits per heavy atom. The van der Waals surface area contributed by atoms with E-state index in [1.807, 2.05) is 27.7 Å². The van der Waals surface area contributed by atoms with Gasteiger partial charge in [0.05, 0.1) is 6.10 Å². The van der Waals surface area contributed by atoms with E-state index in [4.69, 9.17) is 12.8 Å². The molecule has 0 aliphatic carbocycles. The molecule has 0 unspecified atom stereocenters. The molecule has 0 bridgehead atoms. The standard InChI is InChI=1S/C7H13BO2/c1-5(2)7(10-8)9-6(3)4/h6H,1-4H3. The Hall–Kier alpha value is -0.595. The Morgan fingerprint density at radius 3 is 1.90 bits per heavy atom. The second kappa shape index (κ2) is 4.26. The van der Waals surface area contributed by atoms with Gasteiger partial charge in [-0.2, -0.15) is 0 Å². The largest absolute Gasteiger partial charge is 0.543 e. The predicted molar refractivity (Wildman–Crippen MR) is 41.4 cm³/mol. The molecule has 0 aromatic rings. The van der Waals surface area contributed by atoms with Crippen molar-refractivity contribution in [1.82, 2.24) is 0 Å². The van der Waals surface area contributed by atoms with Gasteiger partial charge in [-0.1, -0.05) is 0 Å². The zero-order valence-corrected chi connectivity index (χ0v) is 6.97. The first-order chi connectivity index (χ1) is 4.57. The third-order valence-electron chi connectivity index (χ3n) is 0.858. The summed E-state index contributed by atoms with van der Waals surface area (Å²) >= 11 is 0. The first-order valence-corrected chi connectivity index (χ1v) is 3.28. The summed E-state index contributed by atoms with van der Waals surface area (Å²) in [6.45, 7) is 7.60. The molecule has 0 fully saturated rings. The lowest BCUT2D eigenvalue weighted by Gasteiger charge is -2.13. The maximum Gasteiger partial charge on any atom is 0.378 e. The van der Waals surface area contributed by atoms with Crippen LogP contribution < -0.4 is 0 Å². The first-order valence-electron chi connectivity index (χ1n) is 3.28. The van der Waals surface area contributed by atoms with Crippen LogP contribution >= 0.6 is 0 Å². The highest BCUT2D eigenvalue weighted by Crippen LogP contribution is 2.07. The molecule has 0 saturated heterocycles.